The lowest BCUT2D eigenvalue weighted by molar-refractivity contribution is 0.0524. The van der Waals surface area contributed by atoms with Gasteiger partial charge in [0.05, 0.1) is 0 Å². The zero-order valence-corrected chi connectivity index (χ0v) is 10.5. The van der Waals surface area contributed by atoms with Crippen LogP contribution in [0.2, 0.25) is 0 Å². The van der Waals surface area contributed by atoms with Crippen LogP contribution in [0.15, 0.2) is 12.3 Å². The quantitative estimate of drug-likeness (QED) is 0.726. The van der Waals surface area contributed by atoms with E-state index in [0.29, 0.717) is 13.0 Å². The number of nitrogens with two attached hydrogens (primary N) is 1. The number of amides is 1. The third kappa shape index (κ3) is 5.91. The van der Waals surface area contributed by atoms with Crippen LogP contribution in [0.4, 0.5) is 4.79 Å². The number of nitrogens with zero attached hydrogens (tertiary/aromatic N) is 1. The molecule has 1 amide bonds. The van der Waals surface area contributed by atoms with Gasteiger partial charge in [0.15, 0.2) is 0 Å². The highest BCUT2D eigenvalue weighted by Crippen LogP contribution is 2.06. The molecule has 0 radical (unpaired) electrons. The summed E-state index contributed by atoms with van der Waals surface area (Å²) >= 11 is 0. The predicted molar refractivity (Wildman–Crippen MR) is 64.5 cm³/mol. The van der Waals surface area contributed by atoms with Crippen molar-refractivity contribution in [1.29, 1.82) is 0 Å². The molecule has 1 atom stereocenters. The molecule has 0 aliphatic heterocycles. The van der Waals surface area contributed by atoms with E-state index >= 15 is 0 Å². The van der Waals surface area contributed by atoms with Crippen LogP contribution in [0.1, 0.15) is 26.5 Å². The fourth-order valence-electron chi connectivity index (χ4n) is 1.28. The van der Waals surface area contributed by atoms with Gasteiger partial charge in [0.25, 0.3) is 0 Å². The molecular weight excluding hydrogens is 220 g/mol. The van der Waals surface area contributed by atoms with Crippen molar-refractivity contribution >= 4 is 6.09 Å². The molecule has 0 aliphatic carbocycles. The van der Waals surface area contributed by atoms with E-state index in [4.69, 9.17) is 10.5 Å². The van der Waals surface area contributed by atoms with Gasteiger partial charge in [-0.3, -0.25) is 5.10 Å². The van der Waals surface area contributed by atoms with Crippen molar-refractivity contribution in [3.8, 4) is 0 Å². The topological polar surface area (TPSA) is 93.0 Å². The van der Waals surface area contributed by atoms with Gasteiger partial charge in [-0.1, -0.05) is 0 Å². The van der Waals surface area contributed by atoms with E-state index in [9.17, 15) is 4.79 Å². The summed E-state index contributed by atoms with van der Waals surface area (Å²) in [5.41, 5.74) is 6.32. The average Bonchev–Trinajstić information content (AvgIpc) is 2.64. The van der Waals surface area contributed by atoms with Gasteiger partial charge in [0, 0.05) is 30.9 Å². The smallest absolute Gasteiger partial charge is 0.407 e. The molecule has 1 aromatic heterocycles. The molecule has 17 heavy (non-hydrogen) atoms. The molecule has 6 nitrogen and oxygen atoms in total. The summed E-state index contributed by atoms with van der Waals surface area (Å²) in [6.45, 7) is 5.82. The number of carbonyl (C=O) groups excluding carboxylic acids is 1. The van der Waals surface area contributed by atoms with E-state index in [-0.39, 0.29) is 6.04 Å². The largest absolute Gasteiger partial charge is 0.444 e. The summed E-state index contributed by atoms with van der Waals surface area (Å²) in [4.78, 5) is 11.4. The van der Waals surface area contributed by atoms with Crippen LogP contribution in [0.3, 0.4) is 0 Å². The van der Waals surface area contributed by atoms with Crippen molar-refractivity contribution in [2.24, 2.45) is 5.73 Å². The lowest BCUT2D eigenvalue weighted by Gasteiger charge is -2.20. The molecule has 1 heterocycles. The second-order valence-corrected chi connectivity index (χ2v) is 4.93. The molecule has 1 rings (SSSR count). The Kier molecular flexibility index (Phi) is 4.51. The fraction of sp³-hybridized carbons (Fsp3) is 0.636. The van der Waals surface area contributed by atoms with Crippen LogP contribution < -0.4 is 11.1 Å². The number of aromatic amines is 1. The van der Waals surface area contributed by atoms with Gasteiger partial charge in [0.2, 0.25) is 0 Å². The lowest BCUT2D eigenvalue weighted by atomic mass is 10.2. The molecule has 96 valence electrons. The maximum absolute atomic E-state index is 11.4. The van der Waals surface area contributed by atoms with E-state index in [1.807, 2.05) is 26.8 Å². The highest BCUT2D eigenvalue weighted by molar-refractivity contribution is 5.67. The monoisotopic (exact) mass is 240 g/mol. The first-order chi connectivity index (χ1) is 7.87. The standard InChI is InChI=1S/C11H20N4O2/c1-11(2,3)17-10(16)13-7-8(12)6-9-4-5-14-15-9/h4-5,8H,6-7,12H2,1-3H3,(H,13,16)(H,14,15). The molecule has 1 aromatic rings. The molecule has 0 saturated carbocycles. The third-order valence-electron chi connectivity index (χ3n) is 1.95. The minimum Gasteiger partial charge on any atom is -0.444 e. The van der Waals surface area contributed by atoms with Crippen molar-refractivity contribution in [3.05, 3.63) is 18.0 Å². The molecule has 0 aliphatic rings. The first-order valence-electron chi connectivity index (χ1n) is 5.57. The SMILES string of the molecule is CC(C)(C)OC(=O)NCC(N)Cc1ccn[nH]1. The van der Waals surface area contributed by atoms with Gasteiger partial charge < -0.3 is 15.8 Å². The number of rotatable bonds is 4. The second kappa shape index (κ2) is 5.67. The van der Waals surface area contributed by atoms with Gasteiger partial charge in [0.1, 0.15) is 5.60 Å². The number of hydrogen-bond donors (Lipinski definition) is 3. The number of alkyl carbamates (subject to hydrolysis) is 1. The van der Waals surface area contributed by atoms with Gasteiger partial charge in [-0.05, 0) is 26.8 Å². The molecule has 0 aromatic carbocycles. The molecule has 0 spiro atoms. The third-order valence-corrected chi connectivity index (χ3v) is 1.95. The van der Waals surface area contributed by atoms with Gasteiger partial charge in [-0.2, -0.15) is 5.10 Å². The minimum atomic E-state index is -0.489. The molecule has 4 N–H and O–H groups in total. The van der Waals surface area contributed by atoms with Crippen LogP contribution in [-0.4, -0.2) is 34.5 Å². The summed E-state index contributed by atoms with van der Waals surface area (Å²) < 4.78 is 5.10. The number of aromatic nitrogens is 2. The summed E-state index contributed by atoms with van der Waals surface area (Å²) in [7, 11) is 0. The Morgan fingerprint density at radius 2 is 2.35 bits per heavy atom. The molecule has 0 saturated heterocycles. The van der Waals surface area contributed by atoms with E-state index < -0.39 is 11.7 Å². The number of nitrogens with one attached hydrogen (secondary N) is 2. The second-order valence-electron chi connectivity index (χ2n) is 4.93. The van der Waals surface area contributed by atoms with Crippen molar-refractivity contribution in [1.82, 2.24) is 15.5 Å². The molecule has 0 bridgehead atoms. The normalized spacial score (nSPS) is 13.2. The Morgan fingerprint density at radius 3 is 2.88 bits per heavy atom. The van der Waals surface area contributed by atoms with Crippen LogP contribution in [0.25, 0.3) is 0 Å². The Balaban J connectivity index is 2.24. The van der Waals surface area contributed by atoms with E-state index in [1.54, 1.807) is 6.20 Å². The Morgan fingerprint density at radius 1 is 1.65 bits per heavy atom. The van der Waals surface area contributed by atoms with Crippen LogP contribution in [0.5, 0.6) is 0 Å². The number of ether oxygens (including phenoxy) is 1. The van der Waals surface area contributed by atoms with Crippen molar-refractivity contribution in [2.75, 3.05) is 6.54 Å². The fourth-order valence-corrected chi connectivity index (χ4v) is 1.28. The summed E-state index contributed by atoms with van der Waals surface area (Å²) in [6, 6.07) is 1.69. The zero-order chi connectivity index (χ0) is 12.9. The zero-order valence-electron chi connectivity index (χ0n) is 10.5. The summed E-state index contributed by atoms with van der Waals surface area (Å²) in [5, 5.41) is 9.28. The number of hydrogen-bond acceptors (Lipinski definition) is 4. The molecular formula is C11H20N4O2. The van der Waals surface area contributed by atoms with Gasteiger partial charge in [-0.15, -0.1) is 0 Å². The van der Waals surface area contributed by atoms with Gasteiger partial charge in [-0.25, -0.2) is 4.79 Å². The van der Waals surface area contributed by atoms with E-state index in [0.717, 1.165) is 5.69 Å². The highest BCUT2D eigenvalue weighted by Gasteiger charge is 2.16. The van der Waals surface area contributed by atoms with Crippen LogP contribution in [-0.2, 0) is 11.2 Å². The lowest BCUT2D eigenvalue weighted by Crippen LogP contribution is -2.41. The number of H-pyrrole nitrogens is 1. The van der Waals surface area contributed by atoms with Crippen molar-refractivity contribution < 1.29 is 9.53 Å². The summed E-state index contributed by atoms with van der Waals surface area (Å²) in [6.07, 6.45) is 1.86. The van der Waals surface area contributed by atoms with E-state index in [1.165, 1.54) is 0 Å². The summed E-state index contributed by atoms with van der Waals surface area (Å²) in [5.74, 6) is 0. The molecule has 0 fully saturated rings. The molecule has 1 unspecified atom stereocenters. The van der Waals surface area contributed by atoms with Crippen molar-refractivity contribution in [2.45, 2.75) is 38.8 Å². The maximum atomic E-state index is 11.4. The van der Waals surface area contributed by atoms with Crippen molar-refractivity contribution in [3.63, 3.8) is 0 Å². The number of carbonyl (C=O) groups is 1. The minimum absolute atomic E-state index is 0.164. The maximum Gasteiger partial charge on any atom is 0.407 e. The Bertz CT molecular complexity index is 343. The van der Waals surface area contributed by atoms with Crippen LogP contribution >= 0.6 is 0 Å². The van der Waals surface area contributed by atoms with Gasteiger partial charge >= 0.3 is 6.09 Å². The predicted octanol–water partition coefficient (Wildman–Crippen LogP) is 0.804. The Labute approximate surface area is 101 Å². The molecule has 6 heteroatoms. The average molecular weight is 240 g/mol. The first-order valence-corrected chi connectivity index (χ1v) is 5.57. The van der Waals surface area contributed by atoms with Crippen LogP contribution in [0, 0.1) is 0 Å². The Hall–Kier alpha value is -1.56. The van der Waals surface area contributed by atoms with E-state index in [2.05, 4.69) is 15.5 Å². The first kappa shape index (κ1) is 13.5. The highest BCUT2D eigenvalue weighted by atomic mass is 16.6.